The lowest BCUT2D eigenvalue weighted by Gasteiger charge is -2.13. The van der Waals surface area contributed by atoms with Gasteiger partial charge in [-0.3, -0.25) is 0 Å². The summed E-state index contributed by atoms with van der Waals surface area (Å²) < 4.78 is 25.7. The molecule has 0 unspecified atom stereocenters. The van der Waals surface area contributed by atoms with Crippen molar-refractivity contribution in [3.63, 3.8) is 0 Å². The maximum atomic E-state index is 5.90. The van der Waals surface area contributed by atoms with Gasteiger partial charge < -0.3 is 8.83 Å². The molecule has 47 heavy (non-hydrogen) atoms. The van der Waals surface area contributed by atoms with Crippen molar-refractivity contribution in [3.8, 4) is 64.7 Å². The number of nitrogens with zero attached hydrogens (tertiary/aromatic N) is 6. The molecule has 8 heterocycles. The van der Waals surface area contributed by atoms with Crippen LogP contribution in [0.2, 0.25) is 0 Å². The molecule has 0 spiro atoms. The predicted molar refractivity (Wildman–Crippen MR) is 186 cm³/mol. The number of thiophene rings is 2. The topological polar surface area (TPSA) is 85.6 Å². The lowest BCUT2D eigenvalue weighted by molar-refractivity contribution is -0.671. The monoisotopic (exact) mass is 668 g/mol. The number of pyridine rings is 2. The summed E-state index contributed by atoms with van der Waals surface area (Å²) in [4.78, 5) is 15.1. The highest BCUT2D eigenvalue weighted by Gasteiger charge is 2.27. The van der Waals surface area contributed by atoms with E-state index in [9.17, 15) is 0 Å². The third-order valence-electron chi connectivity index (χ3n) is 8.07. The first kappa shape index (κ1) is 27.9. The average molecular weight is 669 g/mol. The number of benzene rings is 1. The van der Waals surface area contributed by atoms with E-state index >= 15 is 0 Å². The molecule has 9 rings (SSSR count). The Bertz CT molecular complexity index is 2350. The van der Waals surface area contributed by atoms with Gasteiger partial charge >= 0.3 is 0 Å². The number of aromatic nitrogens is 6. The smallest absolute Gasteiger partial charge is 0.169 e. The van der Waals surface area contributed by atoms with E-state index in [2.05, 4.69) is 73.3 Å². The van der Waals surface area contributed by atoms with Crippen molar-refractivity contribution in [2.75, 3.05) is 0 Å². The third kappa shape index (κ3) is 4.78. The van der Waals surface area contributed by atoms with Gasteiger partial charge in [0.2, 0.25) is 0 Å². The number of hydrogen-bond acceptors (Lipinski definition) is 9. The Kier molecular flexibility index (Phi) is 6.63. The van der Waals surface area contributed by atoms with Crippen LogP contribution in [-0.2, 0) is 14.1 Å². The highest BCUT2D eigenvalue weighted by atomic mass is 32.1. The highest BCUT2D eigenvalue weighted by Crippen LogP contribution is 2.48. The summed E-state index contributed by atoms with van der Waals surface area (Å²) in [5.41, 5.74) is 8.38. The Labute approximate surface area is 280 Å². The Morgan fingerprint density at radius 2 is 0.936 bits per heavy atom. The minimum absolute atomic E-state index is 0.601. The molecule has 0 amide bonds. The van der Waals surface area contributed by atoms with Crippen molar-refractivity contribution in [1.29, 1.82) is 0 Å². The summed E-state index contributed by atoms with van der Waals surface area (Å²) >= 11 is 4.62. The molecular formula is C36H24N6O2S3+2. The summed E-state index contributed by atoms with van der Waals surface area (Å²) in [6.07, 6.45) is 11.5. The van der Waals surface area contributed by atoms with Gasteiger partial charge in [0.1, 0.15) is 47.6 Å². The lowest BCUT2D eigenvalue weighted by atomic mass is 10.0. The predicted octanol–water partition coefficient (Wildman–Crippen LogP) is 8.59. The van der Waals surface area contributed by atoms with Crippen LogP contribution >= 0.6 is 34.4 Å². The van der Waals surface area contributed by atoms with Gasteiger partial charge in [0.15, 0.2) is 36.3 Å². The van der Waals surface area contributed by atoms with Crippen molar-refractivity contribution >= 4 is 56.5 Å². The van der Waals surface area contributed by atoms with Crippen LogP contribution < -0.4 is 9.13 Å². The van der Waals surface area contributed by atoms with Crippen LogP contribution in [0.1, 0.15) is 0 Å². The second-order valence-corrected chi connectivity index (χ2v) is 13.8. The van der Waals surface area contributed by atoms with Gasteiger partial charge in [-0.1, -0.05) is 0 Å². The molecule has 0 bridgehead atoms. The molecule has 1 aromatic carbocycles. The summed E-state index contributed by atoms with van der Waals surface area (Å²) in [7, 11) is 4.04. The molecule has 0 radical (unpaired) electrons. The largest absolute Gasteiger partial charge is 0.463 e. The van der Waals surface area contributed by atoms with Gasteiger partial charge in [0.05, 0.1) is 24.3 Å². The van der Waals surface area contributed by atoms with E-state index in [1.54, 1.807) is 35.2 Å². The number of aryl methyl sites for hydroxylation is 2. The number of hydrogen-bond donors (Lipinski definition) is 0. The quantitative estimate of drug-likeness (QED) is 0.165. The van der Waals surface area contributed by atoms with Crippen LogP contribution in [0.15, 0.2) is 119 Å². The Hall–Kier alpha value is -5.36. The van der Waals surface area contributed by atoms with E-state index in [0.29, 0.717) is 22.9 Å². The molecule has 226 valence electrons. The molecule has 0 aliphatic carbocycles. The Morgan fingerprint density at radius 1 is 0.511 bits per heavy atom. The van der Waals surface area contributed by atoms with Crippen molar-refractivity contribution < 1.29 is 18.0 Å². The zero-order valence-electron chi connectivity index (χ0n) is 25.1. The van der Waals surface area contributed by atoms with Crippen molar-refractivity contribution in [3.05, 3.63) is 110 Å². The summed E-state index contributed by atoms with van der Waals surface area (Å²) in [6.45, 7) is 0. The molecule has 0 atom stereocenters. The zero-order valence-corrected chi connectivity index (χ0v) is 27.6. The maximum Gasteiger partial charge on any atom is 0.169 e. The summed E-state index contributed by atoms with van der Waals surface area (Å²) in [5, 5.41) is 0. The van der Waals surface area contributed by atoms with Gasteiger partial charge in [0.25, 0.3) is 0 Å². The fourth-order valence-corrected chi connectivity index (χ4v) is 8.42. The van der Waals surface area contributed by atoms with Crippen LogP contribution in [0, 0.1) is 0 Å². The van der Waals surface area contributed by atoms with Crippen molar-refractivity contribution in [1.82, 2.24) is 18.7 Å². The van der Waals surface area contributed by atoms with Crippen molar-refractivity contribution in [2.24, 2.45) is 14.1 Å². The van der Waals surface area contributed by atoms with Crippen LogP contribution in [-0.4, -0.2) is 18.7 Å². The first-order valence-corrected chi connectivity index (χ1v) is 17.2. The van der Waals surface area contributed by atoms with Gasteiger partial charge in [0, 0.05) is 66.0 Å². The fraction of sp³-hybridized carbons (Fsp3) is 0.0556. The first-order valence-electron chi connectivity index (χ1n) is 14.8. The number of rotatable bonds is 6. The molecule has 11 heteroatoms. The first-order chi connectivity index (χ1) is 23.1. The van der Waals surface area contributed by atoms with Crippen LogP contribution in [0.4, 0.5) is 0 Å². The van der Waals surface area contributed by atoms with Crippen LogP contribution in [0.3, 0.4) is 0 Å². The number of furan rings is 2. The molecule has 8 nitrogen and oxygen atoms in total. The van der Waals surface area contributed by atoms with Gasteiger partial charge in [-0.15, -0.1) is 22.7 Å². The Balaban J connectivity index is 1.35. The summed E-state index contributed by atoms with van der Waals surface area (Å²) in [5.74, 6) is 1.21. The third-order valence-corrected chi connectivity index (χ3v) is 10.9. The van der Waals surface area contributed by atoms with Crippen molar-refractivity contribution in [2.45, 2.75) is 0 Å². The van der Waals surface area contributed by atoms with E-state index in [0.717, 1.165) is 63.8 Å². The second kappa shape index (κ2) is 11.2. The average Bonchev–Trinajstić information content (AvgIpc) is 3.94. The summed E-state index contributed by atoms with van der Waals surface area (Å²) in [6, 6.07) is 24.6. The van der Waals surface area contributed by atoms with E-state index < -0.39 is 0 Å². The SMILES string of the molecule is C[n+]1ccc(-c2ccc(-c3c4nsnc4c(-c4ccc(-c5cc[n+](C)cc5)s4)c4nc(-c5ccco5)c(-c5ccco5)nc34)s2)cc1. The molecule has 0 fully saturated rings. The van der Waals surface area contributed by atoms with E-state index in [4.69, 9.17) is 27.5 Å². The molecule has 9 aromatic rings. The standard InChI is InChI=1S/C36H24N6O2S3/c1-41-15-11-21(12-16-41)25-7-9-27(45-25)29-33-34(38-32(24-6-4-20-44-24)31(37-33)23-5-3-19-43-23)30(36-35(29)39-47-40-36)28-10-8-26(46-28)22-13-17-42(2)18-14-22/h3-20H,1-2H3/q+2. The molecule has 8 aromatic heterocycles. The zero-order chi connectivity index (χ0) is 31.5. The van der Waals surface area contributed by atoms with Gasteiger partial charge in [-0.05, 0) is 48.5 Å². The minimum Gasteiger partial charge on any atom is -0.463 e. The van der Waals surface area contributed by atoms with E-state index in [1.807, 2.05) is 47.5 Å². The number of fused-ring (bicyclic) bond motifs is 2. The highest BCUT2D eigenvalue weighted by molar-refractivity contribution is 7.19. The molecule has 0 aliphatic heterocycles. The Morgan fingerprint density at radius 3 is 1.34 bits per heavy atom. The van der Waals surface area contributed by atoms with E-state index in [-0.39, 0.29) is 0 Å². The van der Waals surface area contributed by atoms with Gasteiger partial charge in [-0.25, -0.2) is 19.1 Å². The van der Waals surface area contributed by atoms with Gasteiger partial charge in [-0.2, -0.15) is 8.75 Å². The fourth-order valence-electron chi connectivity index (χ4n) is 5.75. The van der Waals surface area contributed by atoms with Crippen LogP contribution in [0.5, 0.6) is 0 Å². The van der Waals surface area contributed by atoms with E-state index in [1.165, 1.54) is 11.7 Å². The normalized spacial score (nSPS) is 11.6. The lowest BCUT2D eigenvalue weighted by Crippen LogP contribution is -2.25. The molecular weight excluding hydrogens is 645 g/mol. The minimum atomic E-state index is 0.601. The maximum absolute atomic E-state index is 5.90. The molecule has 0 saturated heterocycles. The van der Waals surface area contributed by atoms with Crippen LogP contribution in [0.25, 0.3) is 86.7 Å². The molecule has 0 N–H and O–H groups in total. The molecule has 0 saturated carbocycles. The second-order valence-electron chi connectivity index (χ2n) is 11.1. The molecule has 0 aliphatic rings.